The number of nitrogen functional groups attached to an aromatic ring is 1. The Hall–Kier alpha value is -1.07. The molecule has 1 aliphatic heterocycles. The lowest BCUT2D eigenvalue weighted by Gasteiger charge is -2.39. The monoisotopic (exact) mass is 326 g/mol. The highest BCUT2D eigenvalue weighted by Crippen LogP contribution is 2.27. The van der Waals surface area contributed by atoms with Crippen LogP contribution in [0.15, 0.2) is 22.7 Å². The van der Waals surface area contributed by atoms with E-state index in [1.807, 2.05) is 17.9 Å². The van der Waals surface area contributed by atoms with Gasteiger partial charge in [0.1, 0.15) is 0 Å². The number of hydrogen-bond acceptors (Lipinski definition) is 3. The standard InChI is InChI=1S/C14H19BrN2O2/c1-14(19-2)6-3-7-17(9-14)13(18)11-5-4-10(15)8-12(11)16/h4-5,8H,3,6-7,9,16H2,1-2H3. The van der Waals surface area contributed by atoms with Crippen LogP contribution in [0.3, 0.4) is 0 Å². The fourth-order valence-electron chi connectivity index (χ4n) is 2.44. The second kappa shape index (κ2) is 5.51. The highest BCUT2D eigenvalue weighted by atomic mass is 79.9. The molecule has 2 N–H and O–H groups in total. The van der Waals surface area contributed by atoms with Crippen molar-refractivity contribution in [2.75, 3.05) is 25.9 Å². The number of likely N-dealkylation sites (tertiary alicyclic amines) is 1. The first-order valence-corrected chi connectivity index (χ1v) is 7.14. The second-order valence-corrected chi connectivity index (χ2v) is 6.13. The van der Waals surface area contributed by atoms with Crippen molar-refractivity contribution in [1.29, 1.82) is 0 Å². The number of carbonyl (C=O) groups excluding carboxylic acids is 1. The van der Waals surface area contributed by atoms with Crippen molar-refractivity contribution in [2.45, 2.75) is 25.4 Å². The number of rotatable bonds is 2. The van der Waals surface area contributed by atoms with Crippen LogP contribution in [0.4, 0.5) is 5.69 Å². The van der Waals surface area contributed by atoms with Gasteiger partial charge >= 0.3 is 0 Å². The van der Waals surface area contributed by atoms with Gasteiger partial charge in [0.2, 0.25) is 0 Å². The van der Waals surface area contributed by atoms with E-state index in [1.165, 1.54) is 0 Å². The quantitative estimate of drug-likeness (QED) is 0.850. The largest absolute Gasteiger partial charge is 0.398 e. The van der Waals surface area contributed by atoms with Crippen LogP contribution in [0.1, 0.15) is 30.1 Å². The zero-order valence-corrected chi connectivity index (χ0v) is 12.9. The number of nitrogens with zero attached hydrogens (tertiary/aromatic N) is 1. The highest BCUT2D eigenvalue weighted by Gasteiger charge is 2.33. The molecule has 0 bridgehead atoms. The van der Waals surface area contributed by atoms with Gasteiger partial charge in [-0.3, -0.25) is 4.79 Å². The third-order valence-electron chi connectivity index (χ3n) is 3.68. The van der Waals surface area contributed by atoms with Crippen molar-refractivity contribution in [1.82, 2.24) is 4.90 Å². The minimum absolute atomic E-state index is 0.0204. The number of benzene rings is 1. The molecule has 1 unspecified atom stereocenters. The van der Waals surface area contributed by atoms with Gasteiger partial charge in [-0.2, -0.15) is 0 Å². The first-order valence-electron chi connectivity index (χ1n) is 6.35. The van der Waals surface area contributed by atoms with Crippen LogP contribution < -0.4 is 5.73 Å². The fourth-order valence-corrected chi connectivity index (χ4v) is 2.82. The zero-order chi connectivity index (χ0) is 14.0. The summed E-state index contributed by atoms with van der Waals surface area (Å²) < 4.78 is 6.39. The number of piperidine rings is 1. The van der Waals surface area contributed by atoms with Gasteiger partial charge in [-0.15, -0.1) is 0 Å². The minimum atomic E-state index is -0.252. The van der Waals surface area contributed by atoms with Crippen molar-refractivity contribution in [3.05, 3.63) is 28.2 Å². The van der Waals surface area contributed by atoms with Gasteiger partial charge in [-0.25, -0.2) is 0 Å². The van der Waals surface area contributed by atoms with E-state index in [0.29, 0.717) is 17.8 Å². The van der Waals surface area contributed by atoms with E-state index in [4.69, 9.17) is 10.5 Å². The number of halogens is 1. The van der Waals surface area contributed by atoms with E-state index in [0.717, 1.165) is 23.9 Å². The lowest BCUT2D eigenvalue weighted by atomic mass is 9.94. The molecule has 0 aliphatic carbocycles. The molecule has 1 heterocycles. The van der Waals surface area contributed by atoms with Crippen molar-refractivity contribution >= 4 is 27.5 Å². The summed E-state index contributed by atoms with van der Waals surface area (Å²) in [5.74, 6) is -0.0204. The number of amides is 1. The molecule has 1 aromatic carbocycles. The Labute approximate surface area is 122 Å². The van der Waals surface area contributed by atoms with Gasteiger partial charge in [0, 0.05) is 30.4 Å². The van der Waals surface area contributed by atoms with Crippen LogP contribution in [-0.4, -0.2) is 36.6 Å². The number of carbonyl (C=O) groups is 1. The van der Waals surface area contributed by atoms with Gasteiger partial charge in [-0.1, -0.05) is 15.9 Å². The van der Waals surface area contributed by atoms with Crippen LogP contribution in [0, 0.1) is 0 Å². The smallest absolute Gasteiger partial charge is 0.256 e. The molecule has 104 valence electrons. The highest BCUT2D eigenvalue weighted by molar-refractivity contribution is 9.10. The molecule has 1 atom stereocenters. The second-order valence-electron chi connectivity index (χ2n) is 5.22. The summed E-state index contributed by atoms with van der Waals surface area (Å²) in [6, 6.07) is 5.36. The maximum Gasteiger partial charge on any atom is 0.256 e. The molecule has 0 spiro atoms. The van der Waals surface area contributed by atoms with E-state index < -0.39 is 0 Å². The van der Waals surface area contributed by atoms with Gasteiger partial charge < -0.3 is 15.4 Å². The molecule has 1 saturated heterocycles. The lowest BCUT2D eigenvalue weighted by molar-refractivity contribution is -0.0439. The first-order chi connectivity index (χ1) is 8.95. The fraction of sp³-hybridized carbons (Fsp3) is 0.500. The summed E-state index contributed by atoms with van der Waals surface area (Å²) in [5.41, 5.74) is 6.73. The molecule has 4 nitrogen and oxygen atoms in total. The number of hydrogen-bond donors (Lipinski definition) is 1. The Morgan fingerprint density at radius 2 is 2.26 bits per heavy atom. The maximum absolute atomic E-state index is 12.5. The van der Waals surface area contributed by atoms with E-state index in [9.17, 15) is 4.79 Å². The van der Waals surface area contributed by atoms with Crippen LogP contribution in [0.5, 0.6) is 0 Å². The molecule has 0 saturated carbocycles. The summed E-state index contributed by atoms with van der Waals surface area (Å²) >= 11 is 3.35. The summed E-state index contributed by atoms with van der Waals surface area (Å²) in [6.45, 7) is 3.41. The van der Waals surface area contributed by atoms with E-state index in [2.05, 4.69) is 15.9 Å². The first kappa shape index (κ1) is 14.3. The number of nitrogens with two attached hydrogens (primary N) is 1. The summed E-state index contributed by atoms with van der Waals surface area (Å²) in [7, 11) is 1.70. The topological polar surface area (TPSA) is 55.6 Å². The molecule has 0 aromatic heterocycles. The maximum atomic E-state index is 12.5. The Morgan fingerprint density at radius 3 is 2.89 bits per heavy atom. The van der Waals surface area contributed by atoms with Gasteiger partial charge in [0.15, 0.2) is 0 Å². The van der Waals surface area contributed by atoms with Gasteiger partial charge in [-0.05, 0) is 38.0 Å². The van der Waals surface area contributed by atoms with E-state index in [1.54, 1.807) is 19.2 Å². The predicted octanol–water partition coefficient (Wildman–Crippen LogP) is 2.67. The zero-order valence-electron chi connectivity index (χ0n) is 11.3. The minimum Gasteiger partial charge on any atom is -0.398 e. The van der Waals surface area contributed by atoms with E-state index in [-0.39, 0.29) is 11.5 Å². The molecule has 5 heteroatoms. The molecule has 19 heavy (non-hydrogen) atoms. The van der Waals surface area contributed by atoms with Crippen molar-refractivity contribution in [3.8, 4) is 0 Å². The lowest BCUT2D eigenvalue weighted by Crippen LogP contribution is -2.49. The number of methoxy groups -OCH3 is 1. The van der Waals surface area contributed by atoms with Crippen LogP contribution in [0.25, 0.3) is 0 Å². The van der Waals surface area contributed by atoms with Crippen molar-refractivity contribution in [3.63, 3.8) is 0 Å². The number of ether oxygens (including phenoxy) is 1. The molecular formula is C14H19BrN2O2. The third kappa shape index (κ3) is 3.09. The van der Waals surface area contributed by atoms with Crippen LogP contribution in [0.2, 0.25) is 0 Å². The van der Waals surface area contributed by atoms with E-state index >= 15 is 0 Å². The molecule has 2 rings (SSSR count). The normalized spacial score (nSPS) is 23.4. The molecule has 1 aromatic rings. The van der Waals surface area contributed by atoms with Gasteiger partial charge in [0.05, 0.1) is 11.2 Å². The Morgan fingerprint density at radius 1 is 1.53 bits per heavy atom. The SMILES string of the molecule is COC1(C)CCCN(C(=O)c2ccc(Br)cc2N)C1. The Balaban J connectivity index is 2.19. The average molecular weight is 327 g/mol. The number of anilines is 1. The van der Waals surface area contributed by atoms with Gasteiger partial charge in [0.25, 0.3) is 5.91 Å². The molecular weight excluding hydrogens is 308 g/mol. The Bertz CT molecular complexity index is 492. The average Bonchev–Trinajstić information content (AvgIpc) is 2.38. The predicted molar refractivity (Wildman–Crippen MR) is 79.1 cm³/mol. The Kier molecular flexibility index (Phi) is 4.16. The van der Waals surface area contributed by atoms with Crippen molar-refractivity contribution < 1.29 is 9.53 Å². The van der Waals surface area contributed by atoms with Crippen LogP contribution in [-0.2, 0) is 4.74 Å². The summed E-state index contributed by atoms with van der Waals surface area (Å²) in [5, 5.41) is 0. The van der Waals surface area contributed by atoms with Crippen LogP contribution >= 0.6 is 15.9 Å². The molecule has 1 amide bonds. The van der Waals surface area contributed by atoms with Crippen molar-refractivity contribution in [2.24, 2.45) is 0 Å². The molecule has 1 fully saturated rings. The summed E-state index contributed by atoms with van der Waals surface area (Å²) in [6.07, 6.45) is 1.93. The molecule has 0 radical (unpaired) electrons. The third-order valence-corrected chi connectivity index (χ3v) is 4.18. The molecule has 1 aliphatic rings. The summed E-state index contributed by atoms with van der Waals surface area (Å²) in [4.78, 5) is 14.3.